The molecule has 0 amide bonds. The summed E-state index contributed by atoms with van der Waals surface area (Å²) in [7, 11) is -1.76. The summed E-state index contributed by atoms with van der Waals surface area (Å²) in [6.45, 7) is 13.4. The van der Waals surface area contributed by atoms with Gasteiger partial charge in [-0.2, -0.15) is 0 Å². The van der Waals surface area contributed by atoms with Crippen LogP contribution in [-0.4, -0.2) is 18.3 Å². The van der Waals surface area contributed by atoms with Crippen LogP contribution in [0.15, 0.2) is 24.3 Å². The van der Waals surface area contributed by atoms with Crippen molar-refractivity contribution < 1.29 is 4.43 Å². The van der Waals surface area contributed by atoms with Crippen LogP contribution in [0.2, 0.25) is 18.1 Å². The Hall–Kier alpha value is -1.13. The smallest absolute Gasteiger partial charge is 0.193 e. The van der Waals surface area contributed by atoms with Gasteiger partial charge in [0.25, 0.3) is 0 Å². The third kappa shape index (κ3) is 2.90. The zero-order valence-corrected chi connectivity index (χ0v) is 13.7. The summed E-state index contributed by atoms with van der Waals surface area (Å²) in [5.74, 6) is 0.922. The Morgan fingerprint density at radius 2 is 1.84 bits per heavy atom. The molecule has 1 heterocycles. The normalized spacial score (nSPS) is 14.8. The van der Waals surface area contributed by atoms with Crippen LogP contribution in [0.4, 0.5) is 0 Å². The molecule has 4 heteroatoms. The first-order valence-corrected chi connectivity index (χ1v) is 9.74. The van der Waals surface area contributed by atoms with Gasteiger partial charge in [-0.05, 0) is 37.2 Å². The number of rotatable bonds is 3. The van der Waals surface area contributed by atoms with E-state index in [1.165, 1.54) is 0 Å². The summed E-state index contributed by atoms with van der Waals surface area (Å²) < 4.78 is 6.36. The predicted octanol–water partition coefficient (Wildman–Crippen LogP) is 4.65. The van der Waals surface area contributed by atoms with Gasteiger partial charge < -0.3 is 9.41 Å². The first-order valence-electron chi connectivity index (χ1n) is 6.83. The number of para-hydroxylation sites is 2. The van der Waals surface area contributed by atoms with Crippen molar-refractivity contribution in [3.63, 3.8) is 0 Å². The quantitative estimate of drug-likeness (QED) is 0.829. The lowest BCUT2D eigenvalue weighted by Gasteiger charge is -2.38. The molecule has 1 atom stereocenters. The van der Waals surface area contributed by atoms with Gasteiger partial charge in [0, 0.05) is 0 Å². The summed E-state index contributed by atoms with van der Waals surface area (Å²) in [4.78, 5) is 7.98. The summed E-state index contributed by atoms with van der Waals surface area (Å²) in [5.41, 5.74) is 2.08. The van der Waals surface area contributed by atoms with Crippen LogP contribution in [-0.2, 0) is 4.43 Å². The van der Waals surface area contributed by atoms with Crippen molar-refractivity contribution in [3.8, 4) is 0 Å². The Morgan fingerprint density at radius 1 is 1.21 bits per heavy atom. The van der Waals surface area contributed by atoms with E-state index in [0.29, 0.717) is 0 Å². The van der Waals surface area contributed by atoms with Gasteiger partial charge in [0.05, 0.1) is 11.0 Å². The molecule has 19 heavy (non-hydrogen) atoms. The van der Waals surface area contributed by atoms with Crippen LogP contribution in [0.5, 0.6) is 0 Å². The highest BCUT2D eigenvalue weighted by Gasteiger charge is 2.39. The standard InChI is InChI=1S/C15H24N2OSi/c1-11(18-19(5,6)15(2,3)4)14-16-12-9-7-8-10-13(12)17-14/h7-11H,1-6H3,(H,16,17). The highest BCUT2D eigenvalue weighted by atomic mass is 28.4. The molecule has 0 bridgehead atoms. The van der Waals surface area contributed by atoms with Crippen molar-refractivity contribution in [1.29, 1.82) is 0 Å². The molecule has 0 saturated heterocycles. The van der Waals surface area contributed by atoms with E-state index in [9.17, 15) is 0 Å². The van der Waals surface area contributed by atoms with Gasteiger partial charge in [-0.1, -0.05) is 32.9 Å². The van der Waals surface area contributed by atoms with Gasteiger partial charge in [0.1, 0.15) is 11.9 Å². The third-order valence-corrected chi connectivity index (χ3v) is 8.63. The molecule has 0 saturated carbocycles. The minimum atomic E-state index is -1.76. The Morgan fingerprint density at radius 3 is 2.42 bits per heavy atom. The highest BCUT2D eigenvalue weighted by molar-refractivity contribution is 6.74. The minimum Gasteiger partial charge on any atom is -0.407 e. The van der Waals surface area contributed by atoms with Crippen molar-refractivity contribution in [2.24, 2.45) is 0 Å². The number of nitrogens with one attached hydrogen (secondary N) is 1. The second-order valence-electron chi connectivity index (χ2n) is 6.66. The molecule has 0 aliphatic heterocycles. The van der Waals surface area contributed by atoms with E-state index in [0.717, 1.165) is 16.9 Å². The number of hydrogen-bond acceptors (Lipinski definition) is 2. The largest absolute Gasteiger partial charge is 0.407 e. The Bertz CT molecular complexity index is 536. The summed E-state index contributed by atoms with van der Waals surface area (Å²) in [5, 5.41) is 0.216. The van der Waals surface area contributed by atoms with Crippen LogP contribution in [0.3, 0.4) is 0 Å². The van der Waals surface area contributed by atoms with E-state index >= 15 is 0 Å². The van der Waals surface area contributed by atoms with Crippen LogP contribution in [0, 0.1) is 0 Å². The summed E-state index contributed by atoms with van der Waals surface area (Å²) in [6.07, 6.45) is 0.00768. The molecule has 0 spiro atoms. The number of benzene rings is 1. The third-order valence-electron chi connectivity index (χ3n) is 4.07. The number of H-pyrrole nitrogens is 1. The van der Waals surface area contributed by atoms with Crippen molar-refractivity contribution in [3.05, 3.63) is 30.1 Å². The molecule has 3 nitrogen and oxygen atoms in total. The lowest BCUT2D eigenvalue weighted by Crippen LogP contribution is -2.41. The Labute approximate surface area is 116 Å². The maximum Gasteiger partial charge on any atom is 0.193 e. The van der Waals surface area contributed by atoms with Gasteiger partial charge in [0.15, 0.2) is 8.32 Å². The number of fused-ring (bicyclic) bond motifs is 1. The zero-order valence-electron chi connectivity index (χ0n) is 12.7. The Balaban J connectivity index is 2.22. The highest BCUT2D eigenvalue weighted by Crippen LogP contribution is 2.39. The van der Waals surface area contributed by atoms with E-state index in [2.05, 4.69) is 50.8 Å². The molecule has 2 rings (SSSR count). The fourth-order valence-electron chi connectivity index (χ4n) is 1.84. The maximum absolute atomic E-state index is 6.36. The molecule has 1 unspecified atom stereocenters. The second kappa shape index (κ2) is 4.76. The lowest BCUT2D eigenvalue weighted by molar-refractivity contribution is 0.195. The molecule has 0 aliphatic rings. The van der Waals surface area contributed by atoms with Crippen molar-refractivity contribution >= 4 is 19.4 Å². The van der Waals surface area contributed by atoms with E-state index < -0.39 is 8.32 Å². The van der Waals surface area contributed by atoms with E-state index in [-0.39, 0.29) is 11.1 Å². The molecular weight excluding hydrogens is 252 g/mol. The second-order valence-corrected chi connectivity index (χ2v) is 11.4. The van der Waals surface area contributed by atoms with Gasteiger partial charge in [0.2, 0.25) is 0 Å². The van der Waals surface area contributed by atoms with Crippen LogP contribution in [0.1, 0.15) is 39.6 Å². The SMILES string of the molecule is CC(O[Si](C)(C)C(C)(C)C)c1nc2ccccc2[nH]1. The Kier molecular flexibility index (Phi) is 3.58. The van der Waals surface area contributed by atoms with Gasteiger partial charge in [-0.25, -0.2) is 4.98 Å². The summed E-state index contributed by atoms with van der Waals surface area (Å²) >= 11 is 0. The molecule has 104 valence electrons. The van der Waals surface area contributed by atoms with Gasteiger partial charge in [-0.3, -0.25) is 0 Å². The molecule has 1 aromatic carbocycles. The fraction of sp³-hybridized carbons (Fsp3) is 0.533. The monoisotopic (exact) mass is 276 g/mol. The van der Waals surface area contributed by atoms with Crippen molar-refractivity contribution in [1.82, 2.24) is 9.97 Å². The predicted molar refractivity (Wildman–Crippen MR) is 82.8 cm³/mol. The van der Waals surface area contributed by atoms with Gasteiger partial charge in [-0.15, -0.1) is 0 Å². The average molecular weight is 276 g/mol. The molecule has 2 aromatic rings. The molecular formula is C15H24N2OSi. The number of aromatic nitrogens is 2. The molecule has 0 aliphatic carbocycles. The van der Waals surface area contributed by atoms with E-state index in [1.54, 1.807) is 0 Å². The van der Waals surface area contributed by atoms with E-state index in [4.69, 9.17) is 4.43 Å². The minimum absolute atomic E-state index is 0.00768. The average Bonchev–Trinajstić information content (AvgIpc) is 2.70. The molecule has 0 radical (unpaired) electrons. The van der Waals surface area contributed by atoms with Crippen molar-refractivity contribution in [2.75, 3.05) is 0 Å². The first kappa shape index (κ1) is 14.3. The van der Waals surface area contributed by atoms with Crippen LogP contribution in [0.25, 0.3) is 11.0 Å². The number of aromatic amines is 1. The van der Waals surface area contributed by atoms with Crippen molar-refractivity contribution in [2.45, 2.75) is 51.9 Å². The topological polar surface area (TPSA) is 37.9 Å². The fourth-order valence-corrected chi connectivity index (χ4v) is 3.19. The first-order chi connectivity index (χ1) is 8.71. The number of hydrogen-bond donors (Lipinski definition) is 1. The number of nitrogens with zero attached hydrogens (tertiary/aromatic N) is 1. The van der Waals surface area contributed by atoms with E-state index in [1.807, 2.05) is 24.3 Å². The maximum atomic E-state index is 6.36. The lowest BCUT2D eigenvalue weighted by atomic mass is 10.2. The van der Waals surface area contributed by atoms with Gasteiger partial charge >= 0.3 is 0 Å². The molecule has 1 aromatic heterocycles. The zero-order chi connectivity index (χ0) is 14.3. The summed E-state index contributed by atoms with van der Waals surface area (Å²) in [6, 6.07) is 8.09. The molecule has 1 N–H and O–H groups in total. The van der Waals surface area contributed by atoms with Crippen LogP contribution >= 0.6 is 0 Å². The molecule has 0 fully saturated rings. The van der Waals surface area contributed by atoms with Crippen LogP contribution < -0.4 is 0 Å². The number of imidazole rings is 1.